The summed E-state index contributed by atoms with van der Waals surface area (Å²) in [6, 6.07) is 8.12. The number of carboxylic acids is 1. The zero-order valence-corrected chi connectivity index (χ0v) is 20.1. The van der Waals surface area contributed by atoms with E-state index < -0.39 is 28.6 Å². The number of nitrogens with zero attached hydrogens (tertiary/aromatic N) is 3. The van der Waals surface area contributed by atoms with E-state index in [9.17, 15) is 23.5 Å². The molecule has 2 heterocycles. The monoisotopic (exact) mass is 503 g/mol. The summed E-state index contributed by atoms with van der Waals surface area (Å²) in [5.74, 6) is -3.00. The maximum atomic E-state index is 14.5. The van der Waals surface area contributed by atoms with E-state index in [2.05, 4.69) is 9.80 Å². The molecule has 1 radical (unpaired) electrons. The van der Waals surface area contributed by atoms with Crippen molar-refractivity contribution in [2.75, 3.05) is 38.1 Å². The van der Waals surface area contributed by atoms with Crippen molar-refractivity contribution < 1.29 is 51.4 Å². The first-order valence-electron chi connectivity index (χ1n) is 9.17. The fraction of sp³-hybridized carbons (Fsp3) is 0.227. The van der Waals surface area contributed by atoms with Crippen molar-refractivity contribution in [2.24, 2.45) is 0 Å². The van der Waals surface area contributed by atoms with E-state index in [-0.39, 0.29) is 51.2 Å². The van der Waals surface area contributed by atoms with Gasteiger partial charge in [-0.05, 0) is 37.4 Å². The van der Waals surface area contributed by atoms with Gasteiger partial charge in [-0.3, -0.25) is 4.79 Å². The average Bonchev–Trinajstić information content (AvgIpc) is 2.69. The molecule has 0 bridgehead atoms. The zero-order chi connectivity index (χ0) is 20.7. The maximum Gasteiger partial charge on any atom is 0.341 e. The summed E-state index contributed by atoms with van der Waals surface area (Å²) in [6.45, 7) is 3.36. The van der Waals surface area contributed by atoms with Crippen LogP contribution in [-0.4, -0.2) is 53.8 Å². The number of likely N-dealkylation sites (N-methyl/N-ethyl adjacent to an activating group) is 1. The number of aromatic nitrogens is 1. The van der Waals surface area contributed by atoms with Crippen molar-refractivity contribution in [1.29, 1.82) is 0 Å². The molecule has 0 unspecified atom stereocenters. The first-order valence-corrected chi connectivity index (χ1v) is 9.17. The maximum absolute atomic E-state index is 14.5. The molecular formula is C22H22F2N3O3Y-. The standard InChI is InChI=1S/C21H19F2N3O3.CH3.Y/c1-24-6-8-25(9-7-24)14-3-4-15-19(11-14)26(12-16(20(15)27)21(28)29)18-5-2-13(22)10-17(18)23;;/h2-5,10-12H,6-9H2,1H3,(H,28,29);1H3;/q;-1;. The summed E-state index contributed by atoms with van der Waals surface area (Å²) in [5, 5.41) is 9.57. The number of rotatable bonds is 3. The van der Waals surface area contributed by atoms with E-state index in [1.54, 1.807) is 18.2 Å². The van der Waals surface area contributed by atoms with Gasteiger partial charge in [-0.1, -0.05) is 0 Å². The molecule has 0 amide bonds. The normalized spacial score (nSPS) is 14.1. The molecule has 161 valence electrons. The van der Waals surface area contributed by atoms with E-state index in [0.29, 0.717) is 5.52 Å². The number of halogens is 2. The van der Waals surface area contributed by atoms with Crippen molar-refractivity contribution in [3.63, 3.8) is 0 Å². The van der Waals surface area contributed by atoms with Crippen LogP contribution >= 0.6 is 0 Å². The Hall–Kier alpha value is -2.16. The molecule has 0 atom stereocenters. The number of anilines is 1. The molecule has 9 heteroatoms. The molecule has 1 aliphatic rings. The summed E-state index contributed by atoms with van der Waals surface area (Å²) in [5.41, 5.74) is 0.0606. The number of hydrogen-bond donors (Lipinski definition) is 1. The van der Waals surface area contributed by atoms with Crippen LogP contribution < -0.4 is 10.3 Å². The largest absolute Gasteiger partial charge is 0.477 e. The van der Waals surface area contributed by atoms with Crippen LogP contribution in [0.25, 0.3) is 16.6 Å². The Morgan fingerprint density at radius 1 is 1.03 bits per heavy atom. The van der Waals surface area contributed by atoms with Crippen LogP contribution in [0.15, 0.2) is 47.4 Å². The predicted octanol–water partition coefficient (Wildman–Crippen LogP) is 3.17. The van der Waals surface area contributed by atoms with Gasteiger partial charge in [0.2, 0.25) is 5.43 Å². The van der Waals surface area contributed by atoms with Gasteiger partial charge in [0.15, 0.2) is 0 Å². The molecule has 1 aliphatic heterocycles. The van der Waals surface area contributed by atoms with Gasteiger partial charge in [-0.2, -0.15) is 0 Å². The van der Waals surface area contributed by atoms with E-state index in [4.69, 9.17) is 0 Å². The fourth-order valence-electron chi connectivity index (χ4n) is 3.60. The second-order valence-corrected chi connectivity index (χ2v) is 7.13. The molecule has 1 fully saturated rings. The topological polar surface area (TPSA) is 65.8 Å². The van der Waals surface area contributed by atoms with E-state index >= 15 is 0 Å². The second kappa shape index (κ2) is 9.98. The Labute approximate surface area is 204 Å². The van der Waals surface area contributed by atoms with Gasteiger partial charge in [-0.15, -0.1) is 0 Å². The molecule has 6 nitrogen and oxygen atoms in total. The molecule has 0 aliphatic carbocycles. The number of hydrogen-bond acceptors (Lipinski definition) is 4. The van der Waals surface area contributed by atoms with Crippen LogP contribution in [-0.2, 0) is 32.7 Å². The smallest absolute Gasteiger partial charge is 0.341 e. The van der Waals surface area contributed by atoms with Crippen LogP contribution in [0.5, 0.6) is 0 Å². The molecule has 2 aromatic carbocycles. The number of piperazine rings is 1. The zero-order valence-electron chi connectivity index (χ0n) is 17.3. The summed E-state index contributed by atoms with van der Waals surface area (Å²) >= 11 is 0. The number of benzene rings is 2. The van der Waals surface area contributed by atoms with Gasteiger partial charge in [0.05, 0.1) is 11.2 Å². The Kier molecular flexibility index (Phi) is 8.08. The molecule has 0 saturated carbocycles. The number of carboxylic acid groups (broad SMARTS) is 1. The van der Waals surface area contributed by atoms with Crippen LogP contribution in [0.4, 0.5) is 14.5 Å². The van der Waals surface area contributed by atoms with Gasteiger partial charge in [0.25, 0.3) is 0 Å². The van der Waals surface area contributed by atoms with Crippen molar-refractivity contribution in [2.45, 2.75) is 0 Å². The van der Waals surface area contributed by atoms with Crippen molar-refractivity contribution in [3.05, 3.63) is 77.4 Å². The van der Waals surface area contributed by atoms with Gasteiger partial charge in [-0.25, -0.2) is 13.6 Å². The molecule has 1 aromatic heterocycles. The number of aromatic carboxylic acids is 1. The van der Waals surface area contributed by atoms with Crippen LogP contribution in [0.2, 0.25) is 0 Å². The molecular weight excluding hydrogens is 481 g/mol. The molecule has 1 N–H and O–H groups in total. The van der Waals surface area contributed by atoms with Crippen molar-refractivity contribution in [1.82, 2.24) is 9.47 Å². The molecule has 31 heavy (non-hydrogen) atoms. The molecule has 0 spiro atoms. The average molecular weight is 503 g/mol. The van der Waals surface area contributed by atoms with Gasteiger partial charge >= 0.3 is 5.97 Å². The first kappa shape index (κ1) is 25.1. The fourth-order valence-corrected chi connectivity index (χ4v) is 3.60. The minimum absolute atomic E-state index is 0. The summed E-state index contributed by atoms with van der Waals surface area (Å²) in [6.07, 6.45) is 1.09. The molecule has 4 rings (SSSR count). The molecule has 1 saturated heterocycles. The van der Waals surface area contributed by atoms with Gasteiger partial charge < -0.3 is 26.9 Å². The summed E-state index contributed by atoms with van der Waals surface area (Å²) in [7, 11) is 2.04. The van der Waals surface area contributed by atoms with Crippen molar-refractivity contribution >= 4 is 22.6 Å². The number of carbonyl (C=O) groups is 1. The van der Waals surface area contributed by atoms with Crippen LogP contribution in [0, 0.1) is 19.1 Å². The summed E-state index contributed by atoms with van der Waals surface area (Å²) < 4.78 is 29.2. The van der Waals surface area contributed by atoms with Crippen molar-refractivity contribution in [3.8, 4) is 5.69 Å². The Bertz CT molecular complexity index is 1170. The van der Waals surface area contributed by atoms with Crippen LogP contribution in [0.1, 0.15) is 10.4 Å². The third kappa shape index (κ3) is 4.86. The third-order valence-electron chi connectivity index (χ3n) is 5.26. The van der Waals surface area contributed by atoms with E-state index in [1.807, 2.05) is 7.05 Å². The number of pyridine rings is 1. The number of fused-ring (bicyclic) bond motifs is 1. The quantitative estimate of drug-likeness (QED) is 0.557. The molecule has 3 aromatic rings. The third-order valence-corrected chi connectivity index (χ3v) is 5.26. The SMILES string of the molecule is CN1CCN(c2ccc3c(=O)c(C(=O)O)cn(-c4ccc(F)cc4F)c3c2)CC1.[CH3-].[Y]. The first-order chi connectivity index (χ1) is 13.8. The minimum atomic E-state index is -1.41. The van der Waals surface area contributed by atoms with Gasteiger partial charge in [0, 0.05) is 82.2 Å². The van der Waals surface area contributed by atoms with Crippen LogP contribution in [0.3, 0.4) is 0 Å². The Morgan fingerprint density at radius 2 is 1.71 bits per heavy atom. The Morgan fingerprint density at radius 3 is 2.32 bits per heavy atom. The second-order valence-electron chi connectivity index (χ2n) is 7.13. The summed E-state index contributed by atoms with van der Waals surface area (Å²) in [4.78, 5) is 28.6. The van der Waals surface area contributed by atoms with Gasteiger partial charge in [0.1, 0.15) is 17.2 Å². The predicted molar refractivity (Wildman–Crippen MR) is 113 cm³/mol. The Balaban J connectivity index is 0.00000171. The van der Waals surface area contributed by atoms with E-state index in [1.165, 1.54) is 10.6 Å². The van der Waals surface area contributed by atoms with E-state index in [0.717, 1.165) is 50.2 Å². The minimum Gasteiger partial charge on any atom is -0.477 e.